The fourth-order valence-electron chi connectivity index (χ4n) is 1.62. The third-order valence-electron chi connectivity index (χ3n) is 2.55. The Kier molecular flexibility index (Phi) is 5.49. The van der Waals surface area contributed by atoms with Crippen LogP contribution in [0.3, 0.4) is 0 Å². The van der Waals surface area contributed by atoms with Crippen LogP contribution in [-0.4, -0.2) is 65.0 Å². The molecule has 1 amide bonds. The van der Waals surface area contributed by atoms with Crippen molar-refractivity contribution in [3.63, 3.8) is 0 Å². The Morgan fingerprint density at radius 3 is 2.47 bits per heavy atom. The molecule has 1 unspecified atom stereocenters. The maximum absolute atomic E-state index is 12.0. The molecule has 0 spiro atoms. The van der Waals surface area contributed by atoms with Crippen LogP contribution in [0, 0.1) is 0 Å². The van der Waals surface area contributed by atoms with E-state index in [1.54, 1.807) is 32.5 Å². The van der Waals surface area contributed by atoms with Crippen LogP contribution in [0.5, 0.6) is 0 Å². The van der Waals surface area contributed by atoms with Gasteiger partial charge in [0, 0.05) is 11.8 Å². The number of ether oxygens (including phenoxy) is 2. The number of carbonyl (C=O) groups is 2. The number of aliphatic carboxylic acids is 1. The predicted octanol–water partition coefficient (Wildman–Crippen LogP) is 1.44. The first-order chi connectivity index (χ1) is 8.73. The summed E-state index contributed by atoms with van der Waals surface area (Å²) in [5.41, 5.74) is -0.599. The van der Waals surface area contributed by atoms with Crippen molar-refractivity contribution in [2.45, 2.75) is 37.7 Å². The molecular formula is C12H21NO5S. The summed E-state index contributed by atoms with van der Waals surface area (Å²) in [6, 6.07) is 0. The zero-order valence-corrected chi connectivity index (χ0v) is 12.5. The van der Waals surface area contributed by atoms with E-state index >= 15 is 0 Å². The Labute approximate surface area is 117 Å². The highest BCUT2D eigenvalue weighted by Gasteiger charge is 2.33. The second-order valence-electron chi connectivity index (χ2n) is 5.40. The molecule has 19 heavy (non-hydrogen) atoms. The van der Waals surface area contributed by atoms with E-state index in [0.717, 1.165) is 0 Å². The summed E-state index contributed by atoms with van der Waals surface area (Å²) in [6.07, 6.45) is 0.413. The van der Waals surface area contributed by atoms with Crippen molar-refractivity contribution in [3.8, 4) is 0 Å². The number of rotatable bonds is 2. The van der Waals surface area contributed by atoms with E-state index in [2.05, 4.69) is 0 Å². The normalized spacial score (nSPS) is 24.7. The van der Waals surface area contributed by atoms with Gasteiger partial charge in [0.15, 0.2) is 6.10 Å². The number of amides is 1. The van der Waals surface area contributed by atoms with Gasteiger partial charge < -0.3 is 19.5 Å². The van der Waals surface area contributed by atoms with E-state index in [4.69, 9.17) is 14.6 Å². The van der Waals surface area contributed by atoms with Gasteiger partial charge in [-0.3, -0.25) is 0 Å². The number of carboxylic acids is 1. The molecule has 1 aliphatic heterocycles. The van der Waals surface area contributed by atoms with Gasteiger partial charge in [0.05, 0.1) is 13.2 Å². The quantitative estimate of drug-likeness (QED) is 0.829. The zero-order chi connectivity index (χ0) is 14.6. The number of carboxylic acid groups (broad SMARTS) is 1. The van der Waals surface area contributed by atoms with E-state index in [-0.39, 0.29) is 11.8 Å². The van der Waals surface area contributed by atoms with Crippen molar-refractivity contribution >= 4 is 23.8 Å². The largest absolute Gasteiger partial charge is 0.479 e. The number of thioether (sulfide) groups is 1. The van der Waals surface area contributed by atoms with Gasteiger partial charge in [0.1, 0.15) is 5.60 Å². The molecule has 2 atom stereocenters. The van der Waals surface area contributed by atoms with Crippen LogP contribution < -0.4 is 0 Å². The van der Waals surface area contributed by atoms with E-state index in [9.17, 15) is 9.59 Å². The molecule has 0 aromatic heterocycles. The molecule has 1 aliphatic rings. The molecule has 0 aliphatic carbocycles. The summed E-state index contributed by atoms with van der Waals surface area (Å²) in [5.74, 6) is -1.06. The second-order valence-corrected chi connectivity index (χ2v) is 6.54. The fourth-order valence-corrected chi connectivity index (χ4v) is 2.16. The number of carbonyl (C=O) groups excluding carboxylic acids is 1. The highest BCUT2D eigenvalue weighted by Crippen LogP contribution is 2.18. The van der Waals surface area contributed by atoms with E-state index in [0.29, 0.717) is 13.2 Å². The van der Waals surface area contributed by atoms with Crippen LogP contribution in [0.4, 0.5) is 4.79 Å². The van der Waals surface area contributed by atoms with Crippen molar-refractivity contribution in [2.24, 2.45) is 0 Å². The van der Waals surface area contributed by atoms with Gasteiger partial charge in [-0.15, -0.1) is 0 Å². The molecule has 0 radical (unpaired) electrons. The number of hydrogen-bond donors (Lipinski definition) is 1. The molecule has 7 heteroatoms. The van der Waals surface area contributed by atoms with Crippen LogP contribution in [0.1, 0.15) is 20.8 Å². The Morgan fingerprint density at radius 1 is 1.37 bits per heavy atom. The first-order valence-electron chi connectivity index (χ1n) is 6.08. The van der Waals surface area contributed by atoms with Crippen LogP contribution in [-0.2, 0) is 14.3 Å². The summed E-state index contributed by atoms with van der Waals surface area (Å²) in [6.45, 7) is 6.10. The zero-order valence-electron chi connectivity index (χ0n) is 11.7. The van der Waals surface area contributed by atoms with E-state index in [1.165, 1.54) is 4.90 Å². The maximum Gasteiger partial charge on any atom is 0.410 e. The smallest absolute Gasteiger partial charge is 0.410 e. The standard InChI is InChI=1S/C12H21NO5S/c1-12(2,3)18-11(16)13-5-8(19-4)7-17-9(6-13)10(14)15/h8-9H,5-7H2,1-4H3,(H,14,15)/t8?,9-/m0/s1. The number of hydrogen-bond acceptors (Lipinski definition) is 5. The van der Waals surface area contributed by atoms with Crippen molar-refractivity contribution in [3.05, 3.63) is 0 Å². The maximum atomic E-state index is 12.0. The molecule has 110 valence electrons. The van der Waals surface area contributed by atoms with Gasteiger partial charge in [0.2, 0.25) is 0 Å². The fraction of sp³-hybridized carbons (Fsp3) is 0.833. The predicted molar refractivity (Wildman–Crippen MR) is 72.5 cm³/mol. The minimum atomic E-state index is -1.06. The monoisotopic (exact) mass is 291 g/mol. The molecule has 0 aromatic carbocycles. The highest BCUT2D eigenvalue weighted by atomic mass is 32.2. The van der Waals surface area contributed by atoms with Crippen molar-refractivity contribution in [1.29, 1.82) is 0 Å². The molecule has 0 bridgehead atoms. The van der Waals surface area contributed by atoms with E-state index in [1.807, 2.05) is 6.26 Å². The molecule has 1 heterocycles. The lowest BCUT2D eigenvalue weighted by atomic mass is 10.2. The van der Waals surface area contributed by atoms with Gasteiger partial charge in [0.25, 0.3) is 0 Å². The summed E-state index contributed by atoms with van der Waals surface area (Å²) < 4.78 is 10.6. The summed E-state index contributed by atoms with van der Waals surface area (Å²) in [4.78, 5) is 24.5. The minimum Gasteiger partial charge on any atom is -0.479 e. The van der Waals surface area contributed by atoms with Gasteiger partial charge in [-0.05, 0) is 27.0 Å². The Hall–Kier alpha value is -0.950. The minimum absolute atomic E-state index is 0.0152. The topological polar surface area (TPSA) is 76.1 Å². The SMILES string of the molecule is CSC1CO[C@H](C(=O)O)CN(C(=O)OC(C)(C)C)C1. The third-order valence-corrected chi connectivity index (χ3v) is 3.51. The average molecular weight is 291 g/mol. The molecule has 1 rings (SSSR count). The van der Waals surface area contributed by atoms with Crippen LogP contribution in [0.15, 0.2) is 0 Å². The lowest BCUT2D eigenvalue weighted by Gasteiger charge is -2.28. The van der Waals surface area contributed by atoms with Gasteiger partial charge in [-0.1, -0.05) is 0 Å². The van der Waals surface area contributed by atoms with Crippen molar-refractivity contribution in [1.82, 2.24) is 4.90 Å². The lowest BCUT2D eigenvalue weighted by Crippen LogP contribution is -2.43. The van der Waals surface area contributed by atoms with Crippen LogP contribution >= 0.6 is 11.8 Å². The molecule has 0 saturated carbocycles. The van der Waals surface area contributed by atoms with Gasteiger partial charge in [-0.2, -0.15) is 11.8 Å². The Bertz CT molecular complexity index is 342. The molecule has 1 saturated heterocycles. The third kappa shape index (κ3) is 5.28. The Balaban J connectivity index is 2.76. The van der Waals surface area contributed by atoms with Crippen molar-refractivity contribution < 1.29 is 24.2 Å². The molecule has 1 fully saturated rings. The van der Waals surface area contributed by atoms with E-state index < -0.39 is 23.8 Å². The first kappa shape index (κ1) is 16.1. The second kappa shape index (κ2) is 6.47. The van der Waals surface area contributed by atoms with Gasteiger partial charge >= 0.3 is 12.1 Å². The average Bonchev–Trinajstić information content (AvgIpc) is 2.48. The number of nitrogens with zero attached hydrogens (tertiary/aromatic N) is 1. The molecule has 1 N–H and O–H groups in total. The summed E-state index contributed by atoms with van der Waals surface area (Å²) in [7, 11) is 0. The molecule has 6 nitrogen and oxygen atoms in total. The Morgan fingerprint density at radius 2 is 2.00 bits per heavy atom. The summed E-state index contributed by atoms with van der Waals surface area (Å²) in [5, 5.41) is 9.10. The molecular weight excluding hydrogens is 270 g/mol. The molecule has 0 aromatic rings. The van der Waals surface area contributed by atoms with Crippen molar-refractivity contribution in [2.75, 3.05) is 26.0 Å². The lowest BCUT2D eigenvalue weighted by molar-refractivity contribution is -0.150. The van der Waals surface area contributed by atoms with Gasteiger partial charge in [-0.25, -0.2) is 9.59 Å². The highest BCUT2D eigenvalue weighted by molar-refractivity contribution is 7.99. The van der Waals surface area contributed by atoms with Crippen LogP contribution in [0.25, 0.3) is 0 Å². The first-order valence-corrected chi connectivity index (χ1v) is 7.37. The summed E-state index contributed by atoms with van der Waals surface area (Å²) >= 11 is 1.54. The van der Waals surface area contributed by atoms with Crippen LogP contribution in [0.2, 0.25) is 0 Å².